The number of carbonyl (C=O) groups is 2. The Morgan fingerprint density at radius 3 is 2.69 bits per heavy atom. The number of esters is 1. The van der Waals surface area contributed by atoms with Gasteiger partial charge in [-0.3, -0.25) is 19.7 Å². The van der Waals surface area contributed by atoms with Crippen LogP contribution in [0.1, 0.15) is 31.7 Å². The van der Waals surface area contributed by atoms with Crippen molar-refractivity contribution in [3.63, 3.8) is 0 Å². The summed E-state index contributed by atoms with van der Waals surface area (Å²) in [6, 6.07) is 5.62. The molecule has 26 heavy (non-hydrogen) atoms. The van der Waals surface area contributed by atoms with Crippen LogP contribution in [0.5, 0.6) is 0 Å². The molecule has 1 aromatic rings. The summed E-state index contributed by atoms with van der Waals surface area (Å²) in [5, 5.41) is 25.8. The van der Waals surface area contributed by atoms with E-state index in [1.807, 2.05) is 0 Å². The zero-order chi connectivity index (χ0) is 19.1. The third kappa shape index (κ3) is 2.94. The normalized spacial score (nSPS) is 30.2. The van der Waals surface area contributed by atoms with Gasteiger partial charge in [0.15, 0.2) is 0 Å². The van der Waals surface area contributed by atoms with E-state index in [1.54, 1.807) is 6.92 Å². The van der Waals surface area contributed by atoms with E-state index in [1.165, 1.54) is 31.2 Å². The lowest BCUT2D eigenvalue weighted by Crippen LogP contribution is -2.54. The Balaban J connectivity index is 2.10. The first kappa shape index (κ1) is 18.0. The minimum absolute atomic E-state index is 0.0589. The minimum atomic E-state index is -1.47. The Bertz CT molecular complexity index is 786. The van der Waals surface area contributed by atoms with Gasteiger partial charge in [0.25, 0.3) is 5.69 Å². The van der Waals surface area contributed by atoms with E-state index in [-0.39, 0.29) is 24.6 Å². The molecule has 0 radical (unpaired) electrons. The molecule has 1 aliphatic heterocycles. The average Bonchev–Trinajstić information content (AvgIpc) is 2.93. The molecule has 2 N–H and O–H groups in total. The van der Waals surface area contributed by atoms with Gasteiger partial charge in [-0.15, -0.1) is 0 Å². The second kappa shape index (κ2) is 6.49. The lowest BCUT2D eigenvalue weighted by molar-refractivity contribution is -0.384. The van der Waals surface area contributed by atoms with Gasteiger partial charge < -0.3 is 9.84 Å². The molecule has 1 aliphatic carbocycles. The van der Waals surface area contributed by atoms with Crippen molar-refractivity contribution in [1.82, 2.24) is 5.43 Å². The highest BCUT2D eigenvalue weighted by Crippen LogP contribution is 2.47. The summed E-state index contributed by atoms with van der Waals surface area (Å²) in [6.45, 7) is 3.30. The molecule has 3 rings (SSSR count). The summed E-state index contributed by atoms with van der Waals surface area (Å²) in [5.74, 6) is -3.45. The van der Waals surface area contributed by atoms with E-state index in [4.69, 9.17) is 4.74 Å². The number of nitro benzene ring substituents is 1. The number of fused-ring (bicyclic) bond motifs is 1. The zero-order valence-corrected chi connectivity index (χ0v) is 14.3. The molecule has 0 saturated heterocycles. The first-order chi connectivity index (χ1) is 12.3. The highest BCUT2D eigenvalue weighted by Gasteiger charge is 2.57. The van der Waals surface area contributed by atoms with Gasteiger partial charge in [-0.05, 0) is 19.4 Å². The van der Waals surface area contributed by atoms with E-state index in [9.17, 15) is 24.8 Å². The Morgan fingerprint density at radius 2 is 2.12 bits per heavy atom. The van der Waals surface area contributed by atoms with E-state index < -0.39 is 34.2 Å². The summed E-state index contributed by atoms with van der Waals surface area (Å²) >= 11 is 0. The SMILES string of the molecule is CCOC(=O)[C@@H]1[C@H](c2ccc([N+](=O)[O-])cc2)[C@@H]2C(=O)NN=C2C[C@@]1(C)O. The summed E-state index contributed by atoms with van der Waals surface area (Å²) in [6.07, 6.45) is 0.0589. The molecule has 2 aliphatic rings. The molecule has 1 aromatic carbocycles. The van der Waals surface area contributed by atoms with Crippen LogP contribution in [0.4, 0.5) is 5.69 Å². The van der Waals surface area contributed by atoms with Gasteiger partial charge in [0.2, 0.25) is 5.91 Å². The number of nitrogens with one attached hydrogen (secondary N) is 1. The van der Waals surface area contributed by atoms with Crippen molar-refractivity contribution in [2.45, 2.75) is 31.8 Å². The van der Waals surface area contributed by atoms with Gasteiger partial charge in [0.05, 0.1) is 34.7 Å². The Hall–Kier alpha value is -2.81. The number of nitrogens with zero attached hydrogens (tertiary/aromatic N) is 2. The number of rotatable bonds is 4. The van der Waals surface area contributed by atoms with Crippen LogP contribution in [0.3, 0.4) is 0 Å². The molecule has 0 bridgehead atoms. The highest BCUT2D eigenvalue weighted by molar-refractivity contribution is 6.10. The number of nitro groups is 1. The van der Waals surface area contributed by atoms with Crippen LogP contribution in [0.2, 0.25) is 0 Å². The molecular formula is C17H19N3O6. The second-order valence-corrected chi connectivity index (χ2v) is 6.69. The van der Waals surface area contributed by atoms with Crippen LogP contribution in [0, 0.1) is 22.0 Å². The van der Waals surface area contributed by atoms with Gasteiger partial charge in [-0.2, -0.15) is 5.10 Å². The van der Waals surface area contributed by atoms with Crippen molar-refractivity contribution < 1.29 is 24.4 Å². The van der Waals surface area contributed by atoms with Gasteiger partial charge in [-0.25, -0.2) is 5.43 Å². The monoisotopic (exact) mass is 361 g/mol. The molecule has 1 saturated carbocycles. The molecule has 9 nitrogen and oxygen atoms in total. The van der Waals surface area contributed by atoms with Crippen molar-refractivity contribution in [2.24, 2.45) is 16.9 Å². The van der Waals surface area contributed by atoms with Crippen molar-refractivity contribution in [3.8, 4) is 0 Å². The van der Waals surface area contributed by atoms with E-state index in [0.717, 1.165) is 0 Å². The molecular weight excluding hydrogens is 342 g/mol. The average molecular weight is 361 g/mol. The van der Waals surface area contributed by atoms with E-state index in [2.05, 4.69) is 10.5 Å². The smallest absolute Gasteiger partial charge is 0.312 e. The standard InChI is InChI=1S/C17H19N3O6/c1-3-26-16(22)14-12(9-4-6-10(7-5-9)20(24)25)13-11(8-17(14,2)23)18-19-15(13)21/h4-7,12-14,23H,3,8H2,1-2H3,(H,19,21)/t12-,13-,14+,17-/m1/s1. The number of aliphatic hydroxyl groups is 1. The molecule has 1 fully saturated rings. The fourth-order valence-electron chi connectivity index (χ4n) is 3.83. The number of hydrogen-bond donors (Lipinski definition) is 2. The zero-order valence-electron chi connectivity index (χ0n) is 14.3. The lowest BCUT2D eigenvalue weighted by atomic mass is 9.61. The molecule has 1 amide bonds. The number of hydrazone groups is 1. The molecule has 1 heterocycles. The maximum atomic E-state index is 12.6. The third-order valence-electron chi connectivity index (χ3n) is 4.91. The van der Waals surface area contributed by atoms with Crippen LogP contribution < -0.4 is 5.43 Å². The maximum Gasteiger partial charge on any atom is 0.312 e. The summed E-state index contributed by atoms with van der Waals surface area (Å²) in [4.78, 5) is 35.3. The fourth-order valence-corrected chi connectivity index (χ4v) is 3.83. The molecule has 138 valence electrons. The number of amides is 1. The van der Waals surface area contributed by atoms with Crippen LogP contribution in [-0.4, -0.2) is 39.8 Å². The number of non-ortho nitro benzene ring substituents is 1. The number of benzene rings is 1. The minimum Gasteiger partial charge on any atom is -0.466 e. The fraction of sp³-hybridized carbons (Fsp3) is 0.471. The van der Waals surface area contributed by atoms with Crippen molar-refractivity contribution in [1.29, 1.82) is 0 Å². The summed E-state index contributed by atoms with van der Waals surface area (Å²) in [5.41, 5.74) is 1.82. The molecule has 0 unspecified atom stereocenters. The third-order valence-corrected chi connectivity index (χ3v) is 4.91. The van der Waals surface area contributed by atoms with Gasteiger partial charge in [-0.1, -0.05) is 12.1 Å². The Morgan fingerprint density at radius 1 is 1.46 bits per heavy atom. The topological polar surface area (TPSA) is 131 Å². The Labute approximate surface area is 149 Å². The van der Waals surface area contributed by atoms with Crippen molar-refractivity contribution in [2.75, 3.05) is 6.61 Å². The number of hydrogen-bond acceptors (Lipinski definition) is 7. The summed E-state index contributed by atoms with van der Waals surface area (Å²) < 4.78 is 5.14. The largest absolute Gasteiger partial charge is 0.466 e. The van der Waals surface area contributed by atoms with E-state index >= 15 is 0 Å². The van der Waals surface area contributed by atoms with E-state index in [0.29, 0.717) is 11.3 Å². The molecule has 9 heteroatoms. The van der Waals surface area contributed by atoms with Crippen LogP contribution in [0.15, 0.2) is 29.4 Å². The van der Waals surface area contributed by atoms with Gasteiger partial charge in [0.1, 0.15) is 0 Å². The summed E-state index contributed by atoms with van der Waals surface area (Å²) in [7, 11) is 0. The van der Waals surface area contributed by atoms with Crippen molar-refractivity contribution >= 4 is 23.3 Å². The first-order valence-electron chi connectivity index (χ1n) is 8.26. The molecule has 0 aromatic heterocycles. The van der Waals surface area contributed by atoms with Gasteiger partial charge >= 0.3 is 5.97 Å². The molecule has 0 spiro atoms. The number of carbonyl (C=O) groups excluding carboxylic acids is 2. The van der Waals surface area contributed by atoms with Crippen LogP contribution in [-0.2, 0) is 14.3 Å². The number of ether oxygens (including phenoxy) is 1. The van der Waals surface area contributed by atoms with Crippen molar-refractivity contribution in [3.05, 3.63) is 39.9 Å². The highest BCUT2D eigenvalue weighted by atomic mass is 16.6. The Kier molecular flexibility index (Phi) is 4.49. The first-order valence-corrected chi connectivity index (χ1v) is 8.26. The molecule has 4 atom stereocenters. The quantitative estimate of drug-likeness (QED) is 0.469. The predicted molar refractivity (Wildman–Crippen MR) is 90.3 cm³/mol. The predicted octanol–water partition coefficient (Wildman–Crippen LogP) is 1.11. The van der Waals surface area contributed by atoms with Crippen LogP contribution in [0.25, 0.3) is 0 Å². The maximum absolute atomic E-state index is 12.6. The lowest BCUT2D eigenvalue weighted by Gasteiger charge is -2.43. The van der Waals surface area contributed by atoms with Crippen LogP contribution >= 0.6 is 0 Å². The second-order valence-electron chi connectivity index (χ2n) is 6.69. The van der Waals surface area contributed by atoms with Gasteiger partial charge in [0, 0.05) is 24.5 Å².